The molecular formula is C16H25NO3S. The van der Waals surface area contributed by atoms with Crippen LogP contribution in [0.25, 0.3) is 0 Å². The first kappa shape index (κ1) is 17.9. The van der Waals surface area contributed by atoms with E-state index >= 15 is 0 Å². The summed E-state index contributed by atoms with van der Waals surface area (Å²) in [5, 5.41) is 0. The fraction of sp³-hybridized carbons (Fsp3) is 0.562. The quantitative estimate of drug-likeness (QED) is 0.431. The van der Waals surface area contributed by atoms with Crippen molar-refractivity contribution in [3.63, 3.8) is 0 Å². The van der Waals surface area contributed by atoms with Crippen LogP contribution < -0.4 is 10.5 Å². The zero-order valence-corrected chi connectivity index (χ0v) is 13.9. The lowest BCUT2D eigenvalue weighted by molar-refractivity contribution is -0.149. The number of esters is 1. The van der Waals surface area contributed by atoms with Crippen LogP contribution in [0.2, 0.25) is 0 Å². The van der Waals surface area contributed by atoms with E-state index in [1.165, 1.54) is 0 Å². The molecule has 0 aliphatic carbocycles. The Hall–Kier alpha value is -1.20. The predicted molar refractivity (Wildman–Crippen MR) is 86.8 cm³/mol. The number of hydrogen-bond acceptors (Lipinski definition) is 5. The van der Waals surface area contributed by atoms with E-state index in [0.717, 1.165) is 29.2 Å². The molecular weight excluding hydrogens is 286 g/mol. The summed E-state index contributed by atoms with van der Waals surface area (Å²) in [4.78, 5) is 12.8. The molecule has 0 fully saturated rings. The highest BCUT2D eigenvalue weighted by Crippen LogP contribution is 2.29. The maximum absolute atomic E-state index is 11.7. The SMILES string of the molecule is CCOC(=O)C(C)(N)CCCCSc1ccccc1OC. The number of nitrogens with two attached hydrogens (primary N) is 1. The zero-order chi connectivity index (χ0) is 15.7. The van der Waals surface area contributed by atoms with Gasteiger partial charge in [-0.1, -0.05) is 18.6 Å². The minimum Gasteiger partial charge on any atom is -0.496 e. The average Bonchev–Trinajstić information content (AvgIpc) is 2.47. The van der Waals surface area contributed by atoms with Gasteiger partial charge in [-0.15, -0.1) is 11.8 Å². The number of carbonyl (C=O) groups is 1. The molecule has 1 aromatic carbocycles. The van der Waals surface area contributed by atoms with Gasteiger partial charge in [0.05, 0.1) is 13.7 Å². The van der Waals surface area contributed by atoms with E-state index < -0.39 is 5.54 Å². The van der Waals surface area contributed by atoms with Crippen molar-refractivity contribution in [1.29, 1.82) is 0 Å². The second-order valence-electron chi connectivity index (χ2n) is 5.09. The van der Waals surface area contributed by atoms with Gasteiger partial charge in [0, 0.05) is 4.90 Å². The molecule has 1 aromatic rings. The highest BCUT2D eigenvalue weighted by molar-refractivity contribution is 7.99. The van der Waals surface area contributed by atoms with E-state index in [1.807, 2.05) is 18.2 Å². The second-order valence-corrected chi connectivity index (χ2v) is 6.23. The zero-order valence-electron chi connectivity index (χ0n) is 13.1. The van der Waals surface area contributed by atoms with E-state index in [0.29, 0.717) is 13.0 Å². The van der Waals surface area contributed by atoms with Crippen LogP contribution in [0.15, 0.2) is 29.2 Å². The molecule has 4 nitrogen and oxygen atoms in total. The molecule has 0 heterocycles. The third kappa shape index (κ3) is 5.98. The fourth-order valence-electron chi connectivity index (χ4n) is 1.91. The summed E-state index contributed by atoms with van der Waals surface area (Å²) in [6, 6.07) is 7.97. The molecule has 0 amide bonds. The van der Waals surface area contributed by atoms with Crippen LogP contribution in [-0.2, 0) is 9.53 Å². The van der Waals surface area contributed by atoms with Crippen molar-refractivity contribution in [3.8, 4) is 5.75 Å². The molecule has 1 rings (SSSR count). The molecule has 0 saturated carbocycles. The number of carbonyl (C=O) groups excluding carboxylic acids is 1. The van der Waals surface area contributed by atoms with Crippen LogP contribution in [-0.4, -0.2) is 31.0 Å². The van der Waals surface area contributed by atoms with Gasteiger partial charge in [-0.3, -0.25) is 4.79 Å². The Balaban J connectivity index is 2.30. The summed E-state index contributed by atoms with van der Waals surface area (Å²) in [7, 11) is 1.68. The number of benzene rings is 1. The van der Waals surface area contributed by atoms with E-state index in [2.05, 4.69) is 6.07 Å². The first-order chi connectivity index (χ1) is 10.0. The number of hydrogen-bond donors (Lipinski definition) is 1. The molecule has 0 aliphatic rings. The van der Waals surface area contributed by atoms with E-state index in [4.69, 9.17) is 15.2 Å². The maximum Gasteiger partial charge on any atom is 0.325 e. The Kier molecular flexibility index (Phi) is 7.61. The summed E-state index contributed by atoms with van der Waals surface area (Å²) in [6.45, 7) is 3.89. The van der Waals surface area contributed by atoms with Crippen LogP contribution in [0, 0.1) is 0 Å². The monoisotopic (exact) mass is 311 g/mol. The number of rotatable bonds is 9. The topological polar surface area (TPSA) is 61.5 Å². The van der Waals surface area contributed by atoms with Crippen molar-refractivity contribution >= 4 is 17.7 Å². The lowest BCUT2D eigenvalue weighted by atomic mass is 9.96. The summed E-state index contributed by atoms with van der Waals surface area (Å²) in [5.74, 6) is 1.55. The van der Waals surface area contributed by atoms with Gasteiger partial charge < -0.3 is 15.2 Å². The van der Waals surface area contributed by atoms with Crippen molar-refractivity contribution in [2.75, 3.05) is 19.5 Å². The lowest BCUT2D eigenvalue weighted by Crippen LogP contribution is -2.46. The van der Waals surface area contributed by atoms with Gasteiger partial charge in [-0.05, 0) is 44.6 Å². The molecule has 1 unspecified atom stereocenters. The third-order valence-corrected chi connectivity index (χ3v) is 4.30. The van der Waals surface area contributed by atoms with Crippen LogP contribution in [0.1, 0.15) is 33.1 Å². The average molecular weight is 311 g/mol. The number of ether oxygens (including phenoxy) is 2. The maximum atomic E-state index is 11.7. The van der Waals surface area contributed by atoms with Crippen LogP contribution >= 0.6 is 11.8 Å². The van der Waals surface area contributed by atoms with Crippen molar-refractivity contribution in [1.82, 2.24) is 0 Å². The number of thioether (sulfide) groups is 1. The molecule has 118 valence electrons. The highest BCUT2D eigenvalue weighted by atomic mass is 32.2. The first-order valence-electron chi connectivity index (χ1n) is 7.23. The van der Waals surface area contributed by atoms with Gasteiger partial charge in [0.15, 0.2) is 0 Å². The Morgan fingerprint density at radius 2 is 2.05 bits per heavy atom. The fourth-order valence-corrected chi connectivity index (χ4v) is 2.95. The van der Waals surface area contributed by atoms with Crippen molar-refractivity contribution < 1.29 is 14.3 Å². The summed E-state index contributed by atoms with van der Waals surface area (Å²) < 4.78 is 10.3. The van der Waals surface area contributed by atoms with Gasteiger partial charge in [-0.2, -0.15) is 0 Å². The predicted octanol–water partition coefficient (Wildman–Crippen LogP) is 3.24. The molecule has 0 saturated heterocycles. The molecule has 0 radical (unpaired) electrons. The van der Waals surface area contributed by atoms with Crippen molar-refractivity contribution in [2.45, 2.75) is 43.5 Å². The van der Waals surface area contributed by atoms with Gasteiger partial charge in [-0.25, -0.2) is 0 Å². The largest absolute Gasteiger partial charge is 0.496 e. The molecule has 1 atom stereocenters. The Labute approximate surface area is 131 Å². The second kappa shape index (κ2) is 8.95. The summed E-state index contributed by atoms with van der Waals surface area (Å²) in [6.07, 6.45) is 2.53. The smallest absolute Gasteiger partial charge is 0.325 e. The minimum atomic E-state index is -0.884. The third-order valence-electron chi connectivity index (χ3n) is 3.16. The lowest BCUT2D eigenvalue weighted by Gasteiger charge is -2.21. The Bertz CT molecular complexity index is 449. The number of unbranched alkanes of at least 4 members (excludes halogenated alkanes) is 1. The molecule has 21 heavy (non-hydrogen) atoms. The number of methoxy groups -OCH3 is 1. The van der Waals surface area contributed by atoms with Crippen molar-refractivity contribution in [3.05, 3.63) is 24.3 Å². The highest BCUT2D eigenvalue weighted by Gasteiger charge is 2.28. The van der Waals surface area contributed by atoms with E-state index in [-0.39, 0.29) is 5.97 Å². The minimum absolute atomic E-state index is 0.317. The molecule has 0 spiro atoms. The molecule has 0 bridgehead atoms. The van der Waals surface area contributed by atoms with Crippen LogP contribution in [0.4, 0.5) is 0 Å². The van der Waals surface area contributed by atoms with Crippen LogP contribution in [0.5, 0.6) is 5.75 Å². The summed E-state index contributed by atoms with van der Waals surface area (Å²) >= 11 is 1.76. The molecule has 0 aliphatic heterocycles. The standard InChI is InChI=1S/C16H25NO3S/c1-4-20-15(18)16(2,17)11-7-8-12-21-14-10-6-5-9-13(14)19-3/h5-6,9-10H,4,7-8,11-12,17H2,1-3H3. The van der Waals surface area contributed by atoms with Crippen LogP contribution in [0.3, 0.4) is 0 Å². The Morgan fingerprint density at radius 1 is 1.33 bits per heavy atom. The van der Waals surface area contributed by atoms with E-state index in [9.17, 15) is 4.79 Å². The van der Waals surface area contributed by atoms with Gasteiger partial charge in [0.2, 0.25) is 0 Å². The van der Waals surface area contributed by atoms with Gasteiger partial charge in [0.25, 0.3) is 0 Å². The Morgan fingerprint density at radius 3 is 2.71 bits per heavy atom. The molecule has 2 N–H and O–H groups in total. The molecule has 5 heteroatoms. The first-order valence-corrected chi connectivity index (χ1v) is 8.21. The number of para-hydroxylation sites is 1. The van der Waals surface area contributed by atoms with Gasteiger partial charge in [0.1, 0.15) is 11.3 Å². The van der Waals surface area contributed by atoms with Crippen molar-refractivity contribution in [2.24, 2.45) is 5.73 Å². The molecule has 0 aromatic heterocycles. The summed E-state index contributed by atoms with van der Waals surface area (Å²) in [5.41, 5.74) is 5.10. The van der Waals surface area contributed by atoms with Gasteiger partial charge >= 0.3 is 5.97 Å². The van der Waals surface area contributed by atoms with E-state index in [1.54, 1.807) is 32.7 Å². The normalized spacial score (nSPS) is 13.5.